The molecule has 1 unspecified atom stereocenters. The van der Waals surface area contributed by atoms with Gasteiger partial charge in [0.05, 0.1) is 25.9 Å². The molecule has 1 aliphatic rings. The lowest BCUT2D eigenvalue weighted by molar-refractivity contribution is -0.142. The van der Waals surface area contributed by atoms with Crippen LogP contribution in [0, 0.1) is 0 Å². The maximum Gasteiger partial charge on any atom is 0.251 e. The number of nitrogens with zero attached hydrogens (tertiary/aromatic N) is 2. The summed E-state index contributed by atoms with van der Waals surface area (Å²) >= 11 is 3.26. The molecule has 1 aromatic rings. The molecule has 1 atom stereocenters. The molecule has 1 aromatic heterocycles. The fraction of sp³-hybridized carbons (Fsp3) is 0.500. The molecular formula is C12H15BrN2O4. The molecule has 19 heavy (non-hydrogen) atoms. The highest BCUT2D eigenvalue weighted by Gasteiger charge is 2.26. The molecule has 2 heterocycles. The molecule has 1 saturated heterocycles. The summed E-state index contributed by atoms with van der Waals surface area (Å²) in [6.07, 6.45) is 1.58. The molecule has 0 saturated carbocycles. The Hall–Kier alpha value is -1.18. The fourth-order valence-corrected chi connectivity index (χ4v) is 2.38. The van der Waals surface area contributed by atoms with Crippen molar-refractivity contribution in [3.8, 4) is 0 Å². The van der Waals surface area contributed by atoms with Gasteiger partial charge in [-0.05, 0) is 22.0 Å². The number of hydrogen-bond acceptors (Lipinski definition) is 4. The Morgan fingerprint density at radius 1 is 1.53 bits per heavy atom. The topological polar surface area (TPSA) is 71.8 Å². The van der Waals surface area contributed by atoms with Gasteiger partial charge in [0.2, 0.25) is 5.91 Å². The van der Waals surface area contributed by atoms with Crippen LogP contribution in [0.1, 0.15) is 0 Å². The molecule has 1 fully saturated rings. The second-order valence-electron chi connectivity index (χ2n) is 4.31. The van der Waals surface area contributed by atoms with Gasteiger partial charge in [-0.1, -0.05) is 0 Å². The first-order valence-corrected chi connectivity index (χ1v) is 6.75. The zero-order valence-corrected chi connectivity index (χ0v) is 11.9. The van der Waals surface area contributed by atoms with Crippen molar-refractivity contribution in [2.75, 3.05) is 26.4 Å². The van der Waals surface area contributed by atoms with Crippen LogP contribution >= 0.6 is 15.9 Å². The third kappa shape index (κ3) is 3.43. The van der Waals surface area contributed by atoms with Crippen LogP contribution in [0.4, 0.5) is 0 Å². The number of aliphatic hydroxyl groups excluding tert-OH is 1. The average Bonchev–Trinajstić information content (AvgIpc) is 2.42. The third-order valence-electron chi connectivity index (χ3n) is 3.01. The standard InChI is InChI=1S/C12H15BrN2O4/c13-9-1-2-11(17)14(5-9)6-12(18)15-3-4-19-8-10(15)7-16/h1-2,5,10,16H,3-4,6-8H2. The van der Waals surface area contributed by atoms with E-state index in [1.807, 2.05) is 0 Å². The molecule has 1 N–H and O–H groups in total. The minimum absolute atomic E-state index is 0.0330. The van der Waals surface area contributed by atoms with Gasteiger partial charge >= 0.3 is 0 Å². The minimum atomic E-state index is -0.330. The number of ether oxygens (including phenoxy) is 1. The summed E-state index contributed by atoms with van der Waals surface area (Å²) in [5, 5.41) is 9.23. The van der Waals surface area contributed by atoms with Crippen LogP contribution in [0.25, 0.3) is 0 Å². The van der Waals surface area contributed by atoms with Crippen molar-refractivity contribution in [3.63, 3.8) is 0 Å². The number of pyridine rings is 1. The average molecular weight is 331 g/mol. The van der Waals surface area contributed by atoms with E-state index in [0.29, 0.717) is 19.8 Å². The predicted molar refractivity (Wildman–Crippen MR) is 71.8 cm³/mol. The van der Waals surface area contributed by atoms with Crippen molar-refractivity contribution in [3.05, 3.63) is 33.2 Å². The van der Waals surface area contributed by atoms with E-state index in [9.17, 15) is 14.7 Å². The van der Waals surface area contributed by atoms with Crippen LogP contribution < -0.4 is 5.56 Å². The molecule has 0 aromatic carbocycles. The van der Waals surface area contributed by atoms with Crippen LogP contribution in [0.5, 0.6) is 0 Å². The molecule has 7 heteroatoms. The van der Waals surface area contributed by atoms with Gasteiger partial charge in [-0.3, -0.25) is 9.59 Å². The minimum Gasteiger partial charge on any atom is -0.394 e. The number of hydrogen-bond donors (Lipinski definition) is 1. The molecule has 1 amide bonds. The van der Waals surface area contributed by atoms with E-state index in [1.165, 1.54) is 10.6 Å². The zero-order valence-electron chi connectivity index (χ0n) is 10.3. The van der Waals surface area contributed by atoms with Crippen molar-refractivity contribution < 1.29 is 14.6 Å². The Kier molecular flexibility index (Phi) is 4.73. The molecule has 0 aliphatic carbocycles. The highest BCUT2D eigenvalue weighted by molar-refractivity contribution is 9.10. The summed E-state index contributed by atoms with van der Waals surface area (Å²) in [5.74, 6) is -0.192. The first-order valence-electron chi connectivity index (χ1n) is 5.96. The van der Waals surface area contributed by atoms with Crippen LogP contribution in [0.3, 0.4) is 0 Å². The second kappa shape index (κ2) is 6.31. The highest BCUT2D eigenvalue weighted by Crippen LogP contribution is 2.09. The maximum atomic E-state index is 12.2. The summed E-state index contributed by atoms with van der Waals surface area (Å²) in [6, 6.07) is 2.71. The van der Waals surface area contributed by atoms with Gasteiger partial charge in [0.1, 0.15) is 6.54 Å². The number of morpholine rings is 1. The van der Waals surface area contributed by atoms with Crippen LogP contribution in [0.15, 0.2) is 27.6 Å². The van der Waals surface area contributed by atoms with Crippen LogP contribution in [-0.2, 0) is 16.1 Å². The monoisotopic (exact) mass is 330 g/mol. The van der Waals surface area contributed by atoms with E-state index in [2.05, 4.69) is 15.9 Å². The quantitative estimate of drug-likeness (QED) is 0.835. The van der Waals surface area contributed by atoms with Gasteiger partial charge in [-0.15, -0.1) is 0 Å². The Labute approximate surface area is 118 Å². The zero-order chi connectivity index (χ0) is 13.8. The van der Waals surface area contributed by atoms with Gasteiger partial charge in [-0.2, -0.15) is 0 Å². The molecule has 2 rings (SSSR count). The predicted octanol–water partition coefficient (Wildman–Crippen LogP) is -0.170. The number of carbonyl (C=O) groups is 1. The number of aromatic nitrogens is 1. The molecule has 0 radical (unpaired) electrons. The van der Waals surface area contributed by atoms with Gasteiger partial charge in [0.15, 0.2) is 0 Å². The first kappa shape index (κ1) is 14.2. The van der Waals surface area contributed by atoms with E-state index < -0.39 is 0 Å². The molecule has 6 nitrogen and oxygen atoms in total. The summed E-state index contributed by atoms with van der Waals surface area (Å²) < 4.78 is 7.30. The van der Waals surface area contributed by atoms with E-state index in [4.69, 9.17) is 4.74 Å². The van der Waals surface area contributed by atoms with E-state index >= 15 is 0 Å². The van der Waals surface area contributed by atoms with Gasteiger partial charge in [0.25, 0.3) is 5.56 Å². The van der Waals surface area contributed by atoms with Crippen molar-refractivity contribution in [1.29, 1.82) is 0 Å². The van der Waals surface area contributed by atoms with Gasteiger partial charge < -0.3 is 19.3 Å². The Bertz CT molecular complexity index is 517. The summed E-state index contributed by atoms with van der Waals surface area (Å²) in [5.41, 5.74) is -0.231. The summed E-state index contributed by atoms with van der Waals surface area (Å²) in [6.45, 7) is 1.05. The largest absolute Gasteiger partial charge is 0.394 e. The number of carbonyl (C=O) groups excluding carboxylic acids is 1. The lowest BCUT2D eigenvalue weighted by Crippen LogP contribution is -2.51. The Morgan fingerprint density at radius 2 is 2.32 bits per heavy atom. The molecule has 0 bridgehead atoms. The third-order valence-corrected chi connectivity index (χ3v) is 3.48. The van der Waals surface area contributed by atoms with Crippen molar-refractivity contribution >= 4 is 21.8 Å². The van der Waals surface area contributed by atoms with Crippen molar-refractivity contribution in [2.24, 2.45) is 0 Å². The summed E-state index contributed by atoms with van der Waals surface area (Å²) in [4.78, 5) is 25.4. The van der Waals surface area contributed by atoms with Crippen molar-refractivity contribution in [1.82, 2.24) is 9.47 Å². The molecule has 104 valence electrons. The first-order chi connectivity index (χ1) is 9.11. The van der Waals surface area contributed by atoms with Gasteiger partial charge in [-0.25, -0.2) is 0 Å². The smallest absolute Gasteiger partial charge is 0.251 e. The molecule has 1 aliphatic heterocycles. The number of rotatable bonds is 3. The fourth-order valence-electron chi connectivity index (χ4n) is 2.00. The SMILES string of the molecule is O=C(Cn1cc(Br)ccc1=O)N1CCOCC1CO. The Morgan fingerprint density at radius 3 is 3.05 bits per heavy atom. The lowest BCUT2D eigenvalue weighted by atomic mass is 10.2. The number of halogens is 1. The second-order valence-corrected chi connectivity index (χ2v) is 5.23. The van der Waals surface area contributed by atoms with E-state index in [0.717, 1.165) is 4.47 Å². The normalized spacial score (nSPS) is 19.5. The highest BCUT2D eigenvalue weighted by atomic mass is 79.9. The van der Waals surface area contributed by atoms with Crippen LogP contribution in [0.2, 0.25) is 0 Å². The van der Waals surface area contributed by atoms with Gasteiger partial charge in [0, 0.05) is 23.3 Å². The summed E-state index contributed by atoms with van der Waals surface area (Å²) in [7, 11) is 0. The lowest BCUT2D eigenvalue weighted by Gasteiger charge is -2.34. The van der Waals surface area contributed by atoms with Crippen LogP contribution in [-0.4, -0.2) is 52.9 Å². The number of aliphatic hydroxyl groups is 1. The van der Waals surface area contributed by atoms with Crippen molar-refractivity contribution in [2.45, 2.75) is 12.6 Å². The molecule has 0 spiro atoms. The maximum absolute atomic E-state index is 12.2. The number of amides is 1. The Balaban J connectivity index is 2.11. The van der Waals surface area contributed by atoms with E-state index in [-0.39, 0.29) is 30.7 Å². The molecular weight excluding hydrogens is 316 g/mol. The van der Waals surface area contributed by atoms with E-state index in [1.54, 1.807) is 17.2 Å².